The third-order valence-corrected chi connectivity index (χ3v) is 2.02. The smallest absolute Gasteiger partial charge is 0.326 e. The Morgan fingerprint density at radius 3 is 2.36 bits per heavy atom. The highest BCUT2D eigenvalue weighted by molar-refractivity contribution is 6.33. The van der Waals surface area contributed by atoms with E-state index in [0.717, 1.165) is 32.1 Å². The highest BCUT2D eigenvalue weighted by Gasteiger charge is 2.25. The standard InChI is InChI=1S/C11H20ClO2/c1-4-5-6-7-8-9-14-10(13)11(2,3)12/h1,4-9H2,2-3H3/q+1. The number of unbranched alkanes of at least 4 members (excludes halogenated alkanes) is 4. The Bertz CT molecular complexity index is 161. The molecule has 0 N–H and O–H groups in total. The molecule has 0 aromatic heterocycles. The van der Waals surface area contributed by atoms with Crippen LogP contribution >= 0.6 is 11.6 Å². The minimum absolute atomic E-state index is 0.337. The van der Waals surface area contributed by atoms with Crippen LogP contribution in [0.4, 0.5) is 0 Å². The van der Waals surface area contributed by atoms with E-state index in [9.17, 15) is 4.79 Å². The fourth-order valence-electron chi connectivity index (χ4n) is 0.969. The molecule has 0 heterocycles. The Balaban J connectivity index is 3.33. The van der Waals surface area contributed by atoms with Crippen LogP contribution in [0.1, 0.15) is 46.0 Å². The number of esters is 1. The van der Waals surface area contributed by atoms with Crippen molar-refractivity contribution in [1.29, 1.82) is 0 Å². The summed E-state index contributed by atoms with van der Waals surface area (Å²) in [7, 11) is 0. The van der Waals surface area contributed by atoms with Crippen molar-refractivity contribution in [3.63, 3.8) is 0 Å². The summed E-state index contributed by atoms with van der Waals surface area (Å²) in [6.07, 6.45) is 5.29. The molecule has 0 radical (unpaired) electrons. The first-order valence-corrected chi connectivity index (χ1v) is 5.51. The van der Waals surface area contributed by atoms with Gasteiger partial charge in [0.1, 0.15) is 4.87 Å². The van der Waals surface area contributed by atoms with E-state index in [-0.39, 0.29) is 5.97 Å². The summed E-state index contributed by atoms with van der Waals surface area (Å²) in [5.74, 6) is -0.337. The summed E-state index contributed by atoms with van der Waals surface area (Å²) in [4.78, 5) is 10.3. The number of rotatable bonds is 7. The highest BCUT2D eigenvalue weighted by Crippen LogP contribution is 2.14. The number of alkyl halides is 1. The second kappa shape index (κ2) is 6.99. The molecule has 0 aliphatic rings. The minimum atomic E-state index is -0.895. The van der Waals surface area contributed by atoms with Gasteiger partial charge in [0.05, 0.1) is 20.0 Å². The summed E-state index contributed by atoms with van der Waals surface area (Å²) in [5, 5.41) is 0. The first-order chi connectivity index (χ1) is 6.48. The van der Waals surface area contributed by atoms with Crippen molar-refractivity contribution in [3.8, 4) is 0 Å². The van der Waals surface area contributed by atoms with E-state index in [1.807, 2.05) is 0 Å². The lowest BCUT2D eigenvalue weighted by Crippen LogP contribution is -2.27. The topological polar surface area (TPSA) is 26.3 Å². The van der Waals surface area contributed by atoms with Gasteiger partial charge in [0, 0.05) is 0 Å². The van der Waals surface area contributed by atoms with Crippen LogP contribution < -0.4 is 0 Å². The van der Waals surface area contributed by atoms with E-state index >= 15 is 0 Å². The molecule has 0 spiro atoms. The molecule has 2 nitrogen and oxygen atoms in total. The minimum Gasteiger partial charge on any atom is -0.464 e. The Morgan fingerprint density at radius 2 is 1.86 bits per heavy atom. The van der Waals surface area contributed by atoms with Crippen molar-refractivity contribution < 1.29 is 9.53 Å². The van der Waals surface area contributed by atoms with Crippen molar-refractivity contribution in [1.82, 2.24) is 0 Å². The normalized spacial score (nSPS) is 11.4. The lowest BCUT2D eigenvalue weighted by molar-refractivity contribution is -0.146. The van der Waals surface area contributed by atoms with E-state index in [1.54, 1.807) is 13.8 Å². The second-order valence-electron chi connectivity index (χ2n) is 3.88. The van der Waals surface area contributed by atoms with Gasteiger partial charge < -0.3 is 4.74 Å². The number of hydrogen-bond acceptors (Lipinski definition) is 2. The molecular formula is C11H20ClO2+. The van der Waals surface area contributed by atoms with Crippen molar-refractivity contribution in [2.24, 2.45) is 0 Å². The van der Waals surface area contributed by atoms with E-state index in [1.165, 1.54) is 0 Å². The maximum atomic E-state index is 11.2. The largest absolute Gasteiger partial charge is 0.464 e. The molecular weight excluding hydrogens is 200 g/mol. The number of halogens is 1. The lowest BCUT2D eigenvalue weighted by Gasteiger charge is -2.14. The van der Waals surface area contributed by atoms with E-state index < -0.39 is 4.87 Å². The maximum Gasteiger partial charge on any atom is 0.326 e. The van der Waals surface area contributed by atoms with Gasteiger partial charge >= 0.3 is 5.97 Å². The van der Waals surface area contributed by atoms with Crippen LogP contribution in [0.2, 0.25) is 0 Å². The molecule has 0 aromatic carbocycles. The van der Waals surface area contributed by atoms with Gasteiger partial charge in [-0.3, -0.25) is 4.79 Å². The molecule has 3 heteroatoms. The van der Waals surface area contributed by atoms with Gasteiger partial charge in [-0.15, -0.1) is 11.6 Å². The zero-order chi connectivity index (χ0) is 11.0. The van der Waals surface area contributed by atoms with E-state index in [2.05, 4.69) is 6.92 Å². The summed E-state index contributed by atoms with van der Waals surface area (Å²) in [6, 6.07) is 0. The predicted octanol–water partition coefficient (Wildman–Crippen LogP) is 3.33. The van der Waals surface area contributed by atoms with E-state index in [4.69, 9.17) is 16.3 Å². The van der Waals surface area contributed by atoms with Crippen LogP contribution in [0.5, 0.6) is 0 Å². The van der Waals surface area contributed by atoms with Crippen LogP contribution in [0.3, 0.4) is 0 Å². The van der Waals surface area contributed by atoms with Crippen molar-refractivity contribution in [2.45, 2.75) is 50.8 Å². The van der Waals surface area contributed by atoms with Crippen molar-refractivity contribution >= 4 is 17.6 Å². The summed E-state index contributed by atoms with van der Waals surface area (Å²) in [5.41, 5.74) is 0. The molecule has 0 bridgehead atoms. The summed E-state index contributed by atoms with van der Waals surface area (Å²) < 4.78 is 5.00. The first kappa shape index (κ1) is 13.6. The monoisotopic (exact) mass is 219 g/mol. The Hall–Kier alpha value is -0.370. The number of hydrogen-bond donors (Lipinski definition) is 0. The van der Waals surface area contributed by atoms with Crippen LogP contribution in [0.25, 0.3) is 0 Å². The van der Waals surface area contributed by atoms with Gasteiger partial charge in [0.2, 0.25) is 0 Å². The molecule has 14 heavy (non-hydrogen) atoms. The number of carbonyl (C=O) groups excluding carboxylic acids is 1. The molecule has 0 unspecified atom stereocenters. The van der Waals surface area contributed by atoms with Gasteiger partial charge in [-0.1, -0.05) is 0 Å². The molecule has 0 fully saturated rings. The zero-order valence-electron chi connectivity index (χ0n) is 9.14. The summed E-state index contributed by atoms with van der Waals surface area (Å²) >= 11 is 5.76. The van der Waals surface area contributed by atoms with E-state index in [0.29, 0.717) is 6.61 Å². The van der Waals surface area contributed by atoms with Crippen LogP contribution in [-0.2, 0) is 9.53 Å². The molecule has 0 aliphatic carbocycles. The molecule has 82 valence electrons. The van der Waals surface area contributed by atoms with Gasteiger partial charge in [-0.05, 0) is 39.5 Å². The van der Waals surface area contributed by atoms with Gasteiger partial charge in [-0.25, -0.2) is 0 Å². The zero-order valence-corrected chi connectivity index (χ0v) is 9.90. The van der Waals surface area contributed by atoms with Crippen LogP contribution in [-0.4, -0.2) is 17.5 Å². The molecule has 0 amide bonds. The fourth-order valence-corrected chi connectivity index (χ4v) is 1.02. The summed E-state index contributed by atoms with van der Waals surface area (Å²) in [6.45, 7) is 7.52. The molecule has 0 rings (SSSR count). The molecule has 0 aromatic rings. The quantitative estimate of drug-likeness (QED) is 0.284. The molecule has 0 atom stereocenters. The highest BCUT2D eigenvalue weighted by atomic mass is 35.5. The predicted molar refractivity (Wildman–Crippen MR) is 59.3 cm³/mol. The van der Waals surface area contributed by atoms with Gasteiger partial charge in [0.25, 0.3) is 0 Å². The van der Waals surface area contributed by atoms with Crippen molar-refractivity contribution in [2.75, 3.05) is 6.61 Å². The van der Waals surface area contributed by atoms with Crippen molar-refractivity contribution in [3.05, 3.63) is 6.92 Å². The SMILES string of the molecule is [CH2+]CCCCCCOC(=O)C(C)(C)Cl. The van der Waals surface area contributed by atoms with Gasteiger partial charge in [0.15, 0.2) is 0 Å². The van der Waals surface area contributed by atoms with Crippen LogP contribution in [0, 0.1) is 6.92 Å². The van der Waals surface area contributed by atoms with Gasteiger partial charge in [-0.2, -0.15) is 0 Å². The Labute approximate surface area is 92.0 Å². The fraction of sp³-hybridized carbons (Fsp3) is 0.818. The Kier molecular flexibility index (Phi) is 6.81. The maximum absolute atomic E-state index is 11.2. The Morgan fingerprint density at radius 1 is 1.29 bits per heavy atom. The second-order valence-corrected chi connectivity index (χ2v) is 4.82. The molecule has 0 saturated heterocycles. The molecule has 0 aliphatic heterocycles. The third-order valence-electron chi connectivity index (χ3n) is 1.86. The average Bonchev–Trinajstić information content (AvgIpc) is 2.09. The molecule has 0 saturated carbocycles. The first-order valence-electron chi connectivity index (χ1n) is 5.14. The van der Waals surface area contributed by atoms with Crippen LogP contribution in [0.15, 0.2) is 0 Å². The third kappa shape index (κ3) is 7.07. The number of carbonyl (C=O) groups is 1. The number of ether oxygens (including phenoxy) is 1. The average molecular weight is 220 g/mol. The lowest BCUT2D eigenvalue weighted by atomic mass is 10.2.